The van der Waals surface area contributed by atoms with Gasteiger partial charge in [0, 0.05) is 12.4 Å². The Labute approximate surface area is 249 Å². The van der Waals surface area contributed by atoms with E-state index < -0.39 is 18.2 Å². The molecule has 0 unspecified atom stereocenters. The molecule has 0 saturated heterocycles. The molecule has 0 aromatic heterocycles. The Kier molecular flexibility index (Phi) is 31.5. The van der Waals surface area contributed by atoms with Gasteiger partial charge in [0.25, 0.3) is 0 Å². The van der Waals surface area contributed by atoms with Gasteiger partial charge >= 0.3 is 29.6 Å². The van der Waals surface area contributed by atoms with Crippen molar-refractivity contribution in [3.8, 4) is 11.8 Å². The third-order valence-electron chi connectivity index (χ3n) is 5.62. The largest absolute Gasteiger partial charge is 1.00 e. The van der Waals surface area contributed by atoms with Crippen LogP contribution in [-0.2, 0) is 4.79 Å². The number of aliphatic hydroxyl groups is 2. The van der Waals surface area contributed by atoms with Gasteiger partial charge in [0.15, 0.2) is 0 Å². The number of unbranched alkanes of at least 4 members (excludes halogenated alkanes) is 10. The van der Waals surface area contributed by atoms with Crippen LogP contribution in [0.25, 0.3) is 0 Å². The van der Waals surface area contributed by atoms with Crippen molar-refractivity contribution in [2.45, 2.75) is 122 Å². The van der Waals surface area contributed by atoms with E-state index in [1.54, 1.807) is 24.3 Å². The maximum absolute atomic E-state index is 10.3. The molecule has 0 aliphatic heterocycles. The Hall–Kier alpha value is -1.35. The van der Waals surface area contributed by atoms with Crippen molar-refractivity contribution < 1.29 is 49.7 Å². The van der Waals surface area contributed by atoms with E-state index in [2.05, 4.69) is 37.0 Å². The molecule has 5 heteroatoms. The van der Waals surface area contributed by atoms with E-state index in [1.807, 2.05) is 18.2 Å². The standard InChI is InChI=1S/C32H50O4.Na/c1-2-3-20-25-30(33)27-22-18-19-23-28-31(34)26-21-16-14-12-10-8-6-4-5-7-9-11-13-15-17-24-29-32(35)36;/h3,10,12,16,18-21,23,28,30-31,33-34H,2,4-9,11,13-15,17,24-26,29H2,1H3,(H,35,36);/q;+1/p-1/b12-10-,19-18+,20-3-,21-16-,28-23+;/t30-,31+;/m0./s1. The Balaban J connectivity index is 0. The number of rotatable bonds is 22. The van der Waals surface area contributed by atoms with Crippen molar-refractivity contribution in [1.29, 1.82) is 0 Å². The summed E-state index contributed by atoms with van der Waals surface area (Å²) in [4.78, 5) is 10.3. The van der Waals surface area contributed by atoms with Crippen LogP contribution in [0.3, 0.4) is 0 Å². The van der Waals surface area contributed by atoms with Gasteiger partial charge in [-0.05, 0) is 51.0 Å². The minimum atomic E-state index is -0.929. The molecule has 0 spiro atoms. The summed E-state index contributed by atoms with van der Waals surface area (Å²) in [6.45, 7) is 2.05. The molecule has 0 bridgehead atoms. The van der Waals surface area contributed by atoms with Crippen LogP contribution in [0, 0.1) is 11.8 Å². The smallest absolute Gasteiger partial charge is 0.550 e. The molecule has 0 aromatic rings. The van der Waals surface area contributed by atoms with Crippen molar-refractivity contribution >= 4 is 5.97 Å². The number of carboxylic acid groups (broad SMARTS) is 1. The van der Waals surface area contributed by atoms with Crippen LogP contribution in [0.4, 0.5) is 0 Å². The molecule has 0 rings (SSSR count). The van der Waals surface area contributed by atoms with Crippen LogP contribution in [0.2, 0.25) is 0 Å². The second-order valence-electron chi connectivity index (χ2n) is 9.09. The van der Waals surface area contributed by atoms with Gasteiger partial charge in [-0.3, -0.25) is 0 Å². The maximum Gasteiger partial charge on any atom is 1.00 e. The zero-order chi connectivity index (χ0) is 26.5. The predicted octanol–water partition coefficient (Wildman–Crippen LogP) is 3.51. The Morgan fingerprint density at radius 3 is 2.03 bits per heavy atom. The first-order valence-corrected chi connectivity index (χ1v) is 13.9. The Morgan fingerprint density at radius 1 is 0.784 bits per heavy atom. The molecule has 2 atom stereocenters. The zero-order valence-electron chi connectivity index (χ0n) is 23.5. The molecule has 0 aliphatic carbocycles. The van der Waals surface area contributed by atoms with Gasteiger partial charge in [0.1, 0.15) is 6.10 Å². The monoisotopic (exact) mass is 520 g/mol. The van der Waals surface area contributed by atoms with Crippen LogP contribution < -0.4 is 34.7 Å². The quantitative estimate of drug-likeness (QED) is 0.0753. The number of hydrogen-bond acceptors (Lipinski definition) is 4. The summed E-state index contributed by atoms with van der Waals surface area (Å²) in [6, 6.07) is 0. The number of hydrogen-bond donors (Lipinski definition) is 2. The fourth-order valence-electron chi connectivity index (χ4n) is 3.54. The first-order valence-electron chi connectivity index (χ1n) is 13.9. The Morgan fingerprint density at radius 2 is 1.38 bits per heavy atom. The number of allylic oxidation sites excluding steroid dienone is 7. The molecule has 2 N–H and O–H groups in total. The first kappa shape index (κ1) is 37.8. The summed E-state index contributed by atoms with van der Waals surface area (Å²) in [7, 11) is 0. The third kappa shape index (κ3) is 32.6. The van der Waals surface area contributed by atoms with Crippen LogP contribution >= 0.6 is 0 Å². The number of aliphatic carboxylic acids is 1. The van der Waals surface area contributed by atoms with Gasteiger partial charge in [-0.15, -0.1) is 0 Å². The van der Waals surface area contributed by atoms with Crippen LogP contribution in [-0.4, -0.2) is 28.4 Å². The van der Waals surface area contributed by atoms with Crippen LogP contribution in [0.15, 0.2) is 60.8 Å². The summed E-state index contributed by atoms with van der Waals surface area (Å²) in [5.41, 5.74) is 0. The van der Waals surface area contributed by atoms with Crippen LogP contribution in [0.1, 0.15) is 110 Å². The van der Waals surface area contributed by atoms with E-state index in [0.717, 1.165) is 38.5 Å². The van der Waals surface area contributed by atoms with Gasteiger partial charge < -0.3 is 20.1 Å². The van der Waals surface area contributed by atoms with E-state index in [9.17, 15) is 20.1 Å². The number of carbonyl (C=O) groups excluding carboxylic acids is 1. The Bertz CT molecular complexity index is 725. The molecule has 0 radical (unpaired) electrons. The first-order chi connectivity index (χ1) is 17.6. The molecule has 0 fully saturated rings. The summed E-state index contributed by atoms with van der Waals surface area (Å²) < 4.78 is 0. The number of carboxylic acids is 1. The number of aliphatic hydroxyl groups excluding tert-OH is 2. The molecule has 0 aliphatic rings. The number of carbonyl (C=O) groups is 1. The fraction of sp³-hybridized carbons (Fsp3) is 0.594. The predicted molar refractivity (Wildman–Crippen MR) is 150 cm³/mol. The second-order valence-corrected chi connectivity index (χ2v) is 9.09. The van der Waals surface area contributed by atoms with Crippen molar-refractivity contribution in [3.63, 3.8) is 0 Å². The second kappa shape index (κ2) is 30.9. The average Bonchev–Trinajstić information content (AvgIpc) is 2.85. The molecule has 4 nitrogen and oxygen atoms in total. The molecular weight excluding hydrogens is 471 g/mol. The SMILES string of the molecule is CC/C=C\C[C@H](O)C#C/C=C/C=C/[C@H](O)C/C=C\C/C=C\CCCCCCCCCCCCC(=O)[O-].[Na+]. The summed E-state index contributed by atoms with van der Waals surface area (Å²) >= 11 is 0. The van der Waals surface area contributed by atoms with Crippen molar-refractivity contribution in [1.82, 2.24) is 0 Å². The molecular formula is C32H49NaO4. The summed E-state index contributed by atoms with van der Waals surface area (Å²) in [6.07, 6.45) is 34.4. The van der Waals surface area contributed by atoms with Gasteiger partial charge in [0.2, 0.25) is 0 Å². The van der Waals surface area contributed by atoms with Crippen molar-refractivity contribution in [2.75, 3.05) is 0 Å². The molecule has 37 heavy (non-hydrogen) atoms. The zero-order valence-corrected chi connectivity index (χ0v) is 25.5. The van der Waals surface area contributed by atoms with E-state index in [0.29, 0.717) is 12.8 Å². The topological polar surface area (TPSA) is 80.6 Å². The minimum Gasteiger partial charge on any atom is -0.550 e. The normalized spacial score (nSPS) is 13.5. The maximum atomic E-state index is 10.3. The van der Waals surface area contributed by atoms with E-state index in [-0.39, 0.29) is 36.0 Å². The van der Waals surface area contributed by atoms with Gasteiger partial charge in [-0.2, -0.15) is 0 Å². The average molecular weight is 521 g/mol. The fourth-order valence-corrected chi connectivity index (χ4v) is 3.54. The van der Waals surface area contributed by atoms with Crippen molar-refractivity contribution in [2.24, 2.45) is 0 Å². The van der Waals surface area contributed by atoms with E-state index >= 15 is 0 Å². The van der Waals surface area contributed by atoms with E-state index in [4.69, 9.17) is 0 Å². The molecule has 202 valence electrons. The summed E-state index contributed by atoms with van der Waals surface area (Å²) in [5.74, 6) is 4.64. The summed E-state index contributed by atoms with van der Waals surface area (Å²) in [5, 5.41) is 30.0. The van der Waals surface area contributed by atoms with Gasteiger partial charge in [-0.25, -0.2) is 0 Å². The minimum absolute atomic E-state index is 0. The third-order valence-corrected chi connectivity index (χ3v) is 5.62. The molecule has 0 aromatic carbocycles. The van der Waals surface area contributed by atoms with Crippen molar-refractivity contribution in [3.05, 3.63) is 60.8 Å². The van der Waals surface area contributed by atoms with Gasteiger partial charge in [0.05, 0.1) is 6.10 Å². The molecule has 0 heterocycles. The van der Waals surface area contributed by atoms with Gasteiger partial charge in [-0.1, -0.05) is 125 Å². The molecule has 0 saturated carbocycles. The molecule has 0 amide bonds. The van der Waals surface area contributed by atoms with E-state index in [1.165, 1.54) is 44.9 Å². The van der Waals surface area contributed by atoms with Crippen LogP contribution in [0.5, 0.6) is 0 Å².